The van der Waals surface area contributed by atoms with E-state index in [2.05, 4.69) is 4.98 Å². The SMILES string of the molecule is CN(C)Cc1c(-c2ccc(N)cc2)sc2c1c(=O)n(-c1cccc(N3CCCCC3=O)n1)c(=O)n2Cc1c(F)cccc1F. The Morgan fingerprint density at radius 3 is 2.27 bits per heavy atom. The van der Waals surface area contributed by atoms with Crippen molar-refractivity contribution in [3.8, 4) is 16.3 Å². The first-order chi connectivity index (χ1) is 21.1. The number of amides is 1. The molecule has 1 fully saturated rings. The minimum absolute atomic E-state index is 0.0107. The maximum Gasteiger partial charge on any atom is 0.338 e. The number of hydrogen-bond acceptors (Lipinski definition) is 7. The molecule has 12 heteroatoms. The number of carbonyl (C=O) groups is 1. The fraction of sp³-hybridized carbons (Fsp3) is 0.250. The number of halogens is 2. The van der Waals surface area contributed by atoms with Gasteiger partial charge in [0.25, 0.3) is 5.56 Å². The molecule has 0 radical (unpaired) electrons. The van der Waals surface area contributed by atoms with Gasteiger partial charge in [-0.05, 0) is 74.5 Å². The number of nitrogens with zero attached hydrogens (tertiary/aromatic N) is 5. The van der Waals surface area contributed by atoms with Gasteiger partial charge < -0.3 is 10.6 Å². The van der Waals surface area contributed by atoms with Gasteiger partial charge in [-0.15, -0.1) is 11.3 Å². The van der Waals surface area contributed by atoms with Crippen molar-refractivity contribution in [1.82, 2.24) is 19.0 Å². The molecule has 0 atom stereocenters. The van der Waals surface area contributed by atoms with E-state index in [4.69, 9.17) is 5.73 Å². The van der Waals surface area contributed by atoms with Crippen LogP contribution in [0.15, 0.2) is 70.3 Å². The highest BCUT2D eigenvalue weighted by Gasteiger charge is 2.27. The third-order valence-corrected chi connectivity index (χ3v) is 8.95. The predicted octanol–water partition coefficient (Wildman–Crippen LogP) is 4.76. The van der Waals surface area contributed by atoms with E-state index in [0.717, 1.165) is 40.0 Å². The number of carbonyl (C=O) groups excluding carboxylic acids is 1. The fourth-order valence-corrected chi connectivity index (χ4v) is 6.82. The van der Waals surface area contributed by atoms with Crippen LogP contribution in [0.1, 0.15) is 30.4 Å². The Labute approximate surface area is 255 Å². The molecule has 1 aliphatic heterocycles. The van der Waals surface area contributed by atoms with E-state index in [0.29, 0.717) is 36.6 Å². The van der Waals surface area contributed by atoms with E-state index in [9.17, 15) is 23.2 Å². The van der Waals surface area contributed by atoms with Crippen molar-refractivity contribution in [2.75, 3.05) is 31.3 Å². The van der Waals surface area contributed by atoms with E-state index in [1.54, 1.807) is 29.2 Å². The van der Waals surface area contributed by atoms with Crippen LogP contribution >= 0.6 is 11.3 Å². The average Bonchev–Trinajstić information content (AvgIpc) is 3.36. The van der Waals surface area contributed by atoms with E-state index < -0.39 is 29.4 Å². The second-order valence-corrected chi connectivity index (χ2v) is 12.0. The molecule has 6 rings (SSSR count). The van der Waals surface area contributed by atoms with Gasteiger partial charge in [-0.3, -0.25) is 19.1 Å². The number of fused-ring (bicyclic) bond motifs is 1. The van der Waals surface area contributed by atoms with Gasteiger partial charge in [0.2, 0.25) is 5.91 Å². The molecule has 9 nitrogen and oxygen atoms in total. The van der Waals surface area contributed by atoms with E-state index >= 15 is 0 Å². The standard InChI is InChI=1S/C32H30F2N6O3S/c1-37(2)17-22-28-30(42)40(26-10-6-9-25(36-26)38-16-4-3-11-27(38)41)32(43)39(18-21-23(33)7-5-8-24(21)34)31(28)44-29(22)19-12-14-20(35)15-13-19/h5-10,12-15H,3-4,11,16-18,35H2,1-2H3. The highest BCUT2D eigenvalue weighted by molar-refractivity contribution is 7.22. The van der Waals surface area contributed by atoms with Crippen molar-refractivity contribution in [2.24, 2.45) is 0 Å². The summed E-state index contributed by atoms with van der Waals surface area (Å²) in [4.78, 5) is 50.3. The smallest absolute Gasteiger partial charge is 0.338 e. The lowest BCUT2D eigenvalue weighted by Gasteiger charge is -2.26. The lowest BCUT2D eigenvalue weighted by Crippen LogP contribution is -2.40. The van der Waals surface area contributed by atoms with Gasteiger partial charge in [0.15, 0.2) is 0 Å². The molecule has 1 amide bonds. The zero-order chi connectivity index (χ0) is 31.1. The molecule has 4 heterocycles. The number of piperidine rings is 1. The quantitative estimate of drug-likeness (QED) is 0.264. The Morgan fingerprint density at radius 2 is 1.59 bits per heavy atom. The lowest BCUT2D eigenvalue weighted by atomic mass is 10.1. The van der Waals surface area contributed by atoms with Crippen molar-refractivity contribution >= 4 is 39.0 Å². The molecule has 0 aliphatic carbocycles. The van der Waals surface area contributed by atoms with Crippen LogP contribution in [-0.2, 0) is 17.9 Å². The number of thiophene rings is 1. The third-order valence-electron chi connectivity index (χ3n) is 7.65. The maximum atomic E-state index is 14.9. The van der Waals surface area contributed by atoms with E-state index in [-0.39, 0.29) is 27.5 Å². The topological polar surface area (TPSA) is 106 Å². The van der Waals surface area contributed by atoms with Crippen LogP contribution in [0.3, 0.4) is 0 Å². The second kappa shape index (κ2) is 11.8. The van der Waals surface area contributed by atoms with Gasteiger partial charge >= 0.3 is 5.69 Å². The number of rotatable bonds is 7. The Balaban J connectivity index is 1.67. The molecule has 226 valence electrons. The second-order valence-electron chi connectivity index (χ2n) is 11.0. The zero-order valence-corrected chi connectivity index (χ0v) is 25.0. The summed E-state index contributed by atoms with van der Waals surface area (Å²) in [6.45, 7) is 0.362. The van der Waals surface area contributed by atoms with Crippen LogP contribution in [0, 0.1) is 11.6 Å². The summed E-state index contributed by atoms with van der Waals surface area (Å²) in [7, 11) is 3.72. The van der Waals surface area contributed by atoms with Gasteiger partial charge in [0, 0.05) is 35.6 Å². The van der Waals surface area contributed by atoms with Crippen LogP contribution in [0.5, 0.6) is 0 Å². The molecule has 2 N–H and O–H groups in total. The summed E-state index contributed by atoms with van der Waals surface area (Å²) in [5.41, 5.74) is 6.21. The Kier molecular flexibility index (Phi) is 7.87. The molecule has 0 unspecified atom stereocenters. The maximum absolute atomic E-state index is 14.9. The molecule has 2 aromatic carbocycles. The molecule has 3 aromatic heterocycles. The lowest BCUT2D eigenvalue weighted by molar-refractivity contribution is -0.119. The molecule has 0 saturated carbocycles. The number of hydrogen-bond donors (Lipinski definition) is 1. The van der Waals surface area contributed by atoms with E-state index in [1.807, 2.05) is 31.1 Å². The molecule has 44 heavy (non-hydrogen) atoms. The van der Waals surface area contributed by atoms with Crippen molar-refractivity contribution in [2.45, 2.75) is 32.4 Å². The van der Waals surface area contributed by atoms with Crippen LogP contribution in [0.2, 0.25) is 0 Å². The highest BCUT2D eigenvalue weighted by Crippen LogP contribution is 2.38. The van der Waals surface area contributed by atoms with Crippen molar-refractivity contribution in [3.05, 3.63) is 104 Å². The average molecular weight is 617 g/mol. The van der Waals surface area contributed by atoms with Crippen LogP contribution in [0.4, 0.5) is 20.3 Å². The summed E-state index contributed by atoms with van der Waals surface area (Å²) in [6.07, 6.45) is 1.97. The van der Waals surface area contributed by atoms with Gasteiger partial charge in [-0.1, -0.05) is 24.3 Å². The number of pyridine rings is 1. The summed E-state index contributed by atoms with van der Waals surface area (Å²) in [5, 5.41) is 0.244. The number of nitrogens with two attached hydrogens (primary N) is 1. The first-order valence-electron chi connectivity index (χ1n) is 14.2. The normalized spacial score (nSPS) is 13.8. The fourth-order valence-electron chi connectivity index (χ4n) is 5.52. The van der Waals surface area contributed by atoms with Crippen molar-refractivity contribution in [1.29, 1.82) is 0 Å². The largest absolute Gasteiger partial charge is 0.399 e. The van der Waals surface area contributed by atoms with Gasteiger partial charge in [0.1, 0.15) is 28.1 Å². The molecule has 1 aliphatic rings. The van der Waals surface area contributed by atoms with E-state index in [1.165, 1.54) is 28.0 Å². The Bertz CT molecular complexity index is 2000. The monoisotopic (exact) mass is 616 g/mol. The first-order valence-corrected chi connectivity index (χ1v) is 15.0. The summed E-state index contributed by atoms with van der Waals surface area (Å²) >= 11 is 1.20. The van der Waals surface area contributed by atoms with Gasteiger partial charge in [0.05, 0.1) is 11.9 Å². The number of nitrogen functional groups attached to an aromatic ring is 1. The third kappa shape index (κ3) is 5.31. The molecule has 0 spiro atoms. The predicted molar refractivity (Wildman–Crippen MR) is 168 cm³/mol. The van der Waals surface area contributed by atoms with Gasteiger partial charge in [-0.2, -0.15) is 0 Å². The number of anilines is 2. The zero-order valence-electron chi connectivity index (χ0n) is 24.2. The molecule has 1 saturated heterocycles. The summed E-state index contributed by atoms with van der Waals surface area (Å²) in [6, 6.07) is 15.5. The van der Waals surface area contributed by atoms with Crippen LogP contribution < -0.4 is 21.9 Å². The number of aromatic nitrogens is 3. The highest BCUT2D eigenvalue weighted by atomic mass is 32.1. The van der Waals surface area contributed by atoms with Gasteiger partial charge in [-0.25, -0.2) is 23.1 Å². The number of benzene rings is 2. The van der Waals surface area contributed by atoms with Crippen LogP contribution in [0.25, 0.3) is 26.5 Å². The van der Waals surface area contributed by atoms with Crippen molar-refractivity contribution in [3.63, 3.8) is 0 Å². The van der Waals surface area contributed by atoms with Crippen LogP contribution in [-0.4, -0.2) is 45.6 Å². The molecule has 5 aromatic rings. The first kappa shape index (κ1) is 29.4. The molecular formula is C32H30F2N6O3S. The Morgan fingerprint density at radius 1 is 0.909 bits per heavy atom. The van der Waals surface area contributed by atoms with Crippen molar-refractivity contribution < 1.29 is 13.6 Å². The summed E-state index contributed by atoms with van der Waals surface area (Å²) in [5.74, 6) is -1.37. The molecule has 0 bridgehead atoms. The molecular weight excluding hydrogens is 586 g/mol. The Hall–Kier alpha value is -4.68. The minimum Gasteiger partial charge on any atom is -0.399 e. The minimum atomic E-state index is -0.810. The summed E-state index contributed by atoms with van der Waals surface area (Å²) < 4.78 is 32.0.